The van der Waals surface area contributed by atoms with E-state index in [0.29, 0.717) is 56.0 Å². The monoisotopic (exact) mass is 848 g/mol. The number of ketones is 1. The number of aliphatic carboxylic acids is 1. The minimum absolute atomic E-state index is 0.0802. The molecule has 11 heteroatoms. The van der Waals surface area contributed by atoms with Crippen molar-refractivity contribution >= 4 is 33.4 Å². The van der Waals surface area contributed by atoms with Crippen molar-refractivity contribution in [1.29, 1.82) is 0 Å². The highest BCUT2D eigenvalue weighted by Crippen LogP contribution is 2.77. The van der Waals surface area contributed by atoms with E-state index in [2.05, 4.69) is 69.7 Å². The smallest absolute Gasteiger partial charge is 0.309 e. The van der Waals surface area contributed by atoms with Crippen LogP contribution in [-0.2, 0) is 35.5 Å². The molecule has 1 aromatic rings. The number of rotatable bonds is 10. The molecule has 0 unspecified atom stereocenters. The van der Waals surface area contributed by atoms with Gasteiger partial charge in [0.2, 0.25) is 0 Å². The van der Waals surface area contributed by atoms with Gasteiger partial charge in [-0.1, -0.05) is 74.0 Å². The van der Waals surface area contributed by atoms with Crippen LogP contribution in [0.2, 0.25) is 0 Å². The van der Waals surface area contributed by atoms with Gasteiger partial charge in [-0.05, 0) is 133 Å². The second kappa shape index (κ2) is 14.9. The summed E-state index contributed by atoms with van der Waals surface area (Å²) in [4.78, 5) is 46.3. The molecule has 60 heavy (non-hydrogen) atoms. The molecule has 5 saturated carbocycles. The molecule has 7 aliphatic rings. The summed E-state index contributed by atoms with van der Waals surface area (Å²) in [6.07, 6.45) is 12.2. The van der Waals surface area contributed by atoms with E-state index in [0.717, 1.165) is 81.3 Å². The van der Waals surface area contributed by atoms with E-state index in [1.807, 2.05) is 26.1 Å². The van der Waals surface area contributed by atoms with Gasteiger partial charge in [0.05, 0.1) is 23.3 Å². The molecule has 1 aromatic heterocycles. The number of carbonyl (C=O) groups is 3. The van der Waals surface area contributed by atoms with Crippen molar-refractivity contribution in [2.45, 2.75) is 146 Å². The lowest BCUT2D eigenvalue weighted by Crippen LogP contribution is -2.66. The first kappa shape index (κ1) is 43.8. The first-order chi connectivity index (χ1) is 28.0. The number of ether oxygens (including phenoxy) is 1. The van der Waals surface area contributed by atoms with Crippen LogP contribution in [0.4, 0.5) is 5.82 Å². The molecule has 6 aliphatic carbocycles. The molecule has 0 amide bonds. The minimum Gasteiger partial charge on any atom is -0.481 e. The number of carbonyl (C=O) groups excluding carboxylic acids is 2. The highest BCUT2D eigenvalue weighted by atomic mass is 32.2. The highest BCUT2D eigenvalue weighted by Gasteiger charge is 2.70. The summed E-state index contributed by atoms with van der Waals surface area (Å²) in [7, 11) is -2.94. The summed E-state index contributed by atoms with van der Waals surface area (Å²) in [6.45, 7) is 23.2. The van der Waals surface area contributed by atoms with Gasteiger partial charge < -0.3 is 20.1 Å². The van der Waals surface area contributed by atoms with Crippen LogP contribution in [0.3, 0.4) is 0 Å². The molecule has 0 radical (unpaired) electrons. The van der Waals surface area contributed by atoms with Crippen molar-refractivity contribution in [1.82, 2.24) is 10.3 Å². The van der Waals surface area contributed by atoms with Crippen LogP contribution in [0.15, 0.2) is 29.5 Å². The predicted octanol–water partition coefficient (Wildman–Crippen LogP) is 8.44. The summed E-state index contributed by atoms with van der Waals surface area (Å²) in [5.74, 6) is 1.18. The summed E-state index contributed by atoms with van der Waals surface area (Å²) < 4.78 is 30.2. The Morgan fingerprint density at radius 2 is 1.62 bits per heavy atom. The Kier molecular flexibility index (Phi) is 10.9. The van der Waals surface area contributed by atoms with Gasteiger partial charge in [0.25, 0.3) is 0 Å². The molecule has 2 heterocycles. The SMILES string of the molecule is CC(C)C1=C2[C@H]3CC[C@@H]4[C@@]5(C)CC[C@H](OC(=O)[C@H]6C[C@@H](C(=O)O)C6(C)C)C(C)(C)[C@@H]5CC[C@@]4(C)[C@]3(C)CC[C@@]2(CCNCc2ccc(N3CCS(=O)(=O)CC3)nc2)CC1=O. The van der Waals surface area contributed by atoms with Gasteiger partial charge in [-0.25, -0.2) is 13.4 Å². The van der Waals surface area contributed by atoms with Crippen LogP contribution < -0.4 is 10.2 Å². The fraction of sp³-hybridized carbons (Fsp3) is 0.796. The molecule has 0 spiro atoms. The average Bonchev–Trinajstić information content (AvgIpc) is 3.46. The Labute approximate surface area is 359 Å². The first-order valence-electron chi connectivity index (χ1n) is 23.3. The van der Waals surface area contributed by atoms with Crippen LogP contribution in [0.5, 0.6) is 0 Å². The number of nitrogens with one attached hydrogen (secondary N) is 1. The number of sulfone groups is 1. The summed E-state index contributed by atoms with van der Waals surface area (Å²) in [6, 6.07) is 4.09. The number of anilines is 1. The number of carboxylic acids is 1. The standard InChI is InChI=1S/C49H73N3O7S/c1-30(2)40-35(53)27-49(20-21-50-28-31-10-13-39(51-29-31)52-22-24-60(57,58)25-23-52)19-18-47(8)32(41(40)49)11-12-37-46(7)16-15-38(45(5,6)36(46)14-17-48(37,47)9)59-43(56)34-26-33(42(54)55)44(34,3)4/h10,13,29-30,32-34,36-38,50H,11-12,14-28H2,1-9H3,(H,54,55)/t32-,33+,34-,36+,37-,38+,46+,47-,48-,49-/m1/s1. The zero-order valence-electron chi connectivity index (χ0n) is 38.0. The average molecular weight is 848 g/mol. The third-order valence-corrected chi connectivity index (χ3v) is 20.8. The van der Waals surface area contributed by atoms with Crippen LogP contribution in [0.1, 0.15) is 139 Å². The molecule has 10 nitrogen and oxygen atoms in total. The van der Waals surface area contributed by atoms with Crippen molar-refractivity contribution in [3.05, 3.63) is 35.0 Å². The molecule has 6 fully saturated rings. The number of hydrogen-bond acceptors (Lipinski definition) is 9. The number of fused-ring (bicyclic) bond motifs is 7. The predicted molar refractivity (Wildman–Crippen MR) is 234 cm³/mol. The normalized spacial score (nSPS) is 40.2. The second-order valence-corrected chi connectivity index (χ2v) is 25.2. The lowest BCUT2D eigenvalue weighted by molar-refractivity contribution is -0.236. The van der Waals surface area contributed by atoms with E-state index in [1.165, 1.54) is 5.57 Å². The van der Waals surface area contributed by atoms with Crippen LogP contribution in [-0.4, -0.2) is 73.5 Å². The van der Waals surface area contributed by atoms with Gasteiger partial charge in [-0.3, -0.25) is 14.4 Å². The maximum atomic E-state index is 14.2. The Morgan fingerprint density at radius 3 is 2.25 bits per heavy atom. The van der Waals surface area contributed by atoms with E-state index in [4.69, 9.17) is 4.74 Å². The maximum Gasteiger partial charge on any atom is 0.309 e. The first-order valence-corrected chi connectivity index (χ1v) is 25.1. The third-order valence-electron chi connectivity index (χ3n) is 19.2. The molecular weight excluding hydrogens is 775 g/mol. The van der Waals surface area contributed by atoms with Gasteiger partial charge in [-0.2, -0.15) is 0 Å². The maximum absolute atomic E-state index is 14.2. The zero-order valence-corrected chi connectivity index (χ0v) is 38.8. The van der Waals surface area contributed by atoms with E-state index in [1.54, 1.807) is 0 Å². The quantitative estimate of drug-likeness (QED) is 0.174. The molecule has 1 saturated heterocycles. The molecule has 0 aromatic carbocycles. The topological polar surface area (TPSA) is 143 Å². The van der Waals surface area contributed by atoms with E-state index < -0.39 is 27.1 Å². The number of pyridine rings is 1. The Bertz CT molecular complexity index is 2030. The van der Waals surface area contributed by atoms with Crippen molar-refractivity contribution in [3.8, 4) is 0 Å². The van der Waals surface area contributed by atoms with Crippen molar-refractivity contribution in [3.63, 3.8) is 0 Å². The van der Waals surface area contributed by atoms with Crippen molar-refractivity contribution in [2.24, 2.45) is 68.0 Å². The van der Waals surface area contributed by atoms with Crippen LogP contribution in [0, 0.1) is 68.0 Å². The molecule has 2 N–H and O–H groups in total. The molecule has 332 valence electrons. The fourth-order valence-electron chi connectivity index (χ4n) is 15.4. The highest BCUT2D eigenvalue weighted by molar-refractivity contribution is 7.91. The number of hydrogen-bond donors (Lipinski definition) is 2. The fourth-order valence-corrected chi connectivity index (χ4v) is 16.6. The van der Waals surface area contributed by atoms with Crippen LogP contribution >= 0.6 is 0 Å². The van der Waals surface area contributed by atoms with Gasteiger partial charge in [0.1, 0.15) is 11.9 Å². The van der Waals surface area contributed by atoms with Gasteiger partial charge >= 0.3 is 11.9 Å². The molecule has 1 aliphatic heterocycles. The van der Waals surface area contributed by atoms with Gasteiger partial charge in [0.15, 0.2) is 15.6 Å². The lowest BCUT2D eigenvalue weighted by atomic mass is 9.33. The van der Waals surface area contributed by atoms with E-state index >= 15 is 0 Å². The number of esters is 1. The Balaban J connectivity index is 0.962. The number of Topliss-reactive ketones (excluding diaryl/α,β-unsaturated/α-hetero) is 1. The third kappa shape index (κ3) is 6.73. The number of nitrogens with zero attached hydrogens (tertiary/aromatic N) is 2. The summed E-state index contributed by atoms with van der Waals surface area (Å²) >= 11 is 0. The molecule has 8 rings (SSSR count). The van der Waals surface area contributed by atoms with Crippen molar-refractivity contribution in [2.75, 3.05) is 36.0 Å². The van der Waals surface area contributed by atoms with E-state index in [9.17, 15) is 27.9 Å². The molecule has 0 bridgehead atoms. The summed E-state index contributed by atoms with van der Waals surface area (Å²) in [5, 5.41) is 13.4. The number of aromatic nitrogens is 1. The van der Waals surface area contributed by atoms with Gasteiger partial charge in [-0.15, -0.1) is 0 Å². The lowest BCUT2D eigenvalue weighted by Gasteiger charge is -2.72. The molecule has 10 atom stereocenters. The zero-order chi connectivity index (χ0) is 43.4. The van der Waals surface area contributed by atoms with Crippen molar-refractivity contribution < 1.29 is 32.6 Å². The van der Waals surface area contributed by atoms with Crippen LogP contribution in [0.25, 0.3) is 0 Å². The Morgan fingerprint density at radius 1 is 0.900 bits per heavy atom. The number of allylic oxidation sites excluding steroid dienone is 2. The molecular formula is C49H73N3O7S. The second-order valence-electron chi connectivity index (χ2n) is 22.9. The van der Waals surface area contributed by atoms with E-state index in [-0.39, 0.29) is 62.5 Å². The van der Waals surface area contributed by atoms with Gasteiger partial charge in [0, 0.05) is 43.1 Å². The summed E-state index contributed by atoms with van der Waals surface area (Å²) in [5.41, 5.74) is 3.16. The minimum atomic E-state index is -2.94. The Hall–Kier alpha value is -2.79. The number of carboxylic acid groups (broad SMARTS) is 1. The largest absolute Gasteiger partial charge is 0.481 e.